The Kier molecular flexibility index (Phi) is 5.35. The van der Waals surface area contributed by atoms with Crippen LogP contribution in [0.15, 0.2) is 23.6 Å². The van der Waals surface area contributed by atoms with E-state index in [1.165, 1.54) is 11.3 Å². The standard InChI is InChI=1S/C15H19N3O3S/c1-4-10(16)15-18-11(8-22-15)14(19)17-9-5-6-12(20-2)13(7-9)21-3/h5-8,10H,4,16H2,1-3H3,(H,17,19). The largest absolute Gasteiger partial charge is 0.493 e. The maximum atomic E-state index is 12.2. The van der Waals surface area contributed by atoms with E-state index >= 15 is 0 Å². The zero-order valence-electron chi connectivity index (χ0n) is 12.8. The number of methoxy groups -OCH3 is 2. The number of carbonyl (C=O) groups excluding carboxylic acids is 1. The number of nitrogens with one attached hydrogen (secondary N) is 1. The zero-order chi connectivity index (χ0) is 16.1. The minimum absolute atomic E-state index is 0.132. The van der Waals surface area contributed by atoms with Crippen molar-refractivity contribution in [2.75, 3.05) is 19.5 Å². The van der Waals surface area contributed by atoms with E-state index in [0.717, 1.165) is 11.4 Å². The van der Waals surface area contributed by atoms with Crippen molar-refractivity contribution in [1.82, 2.24) is 4.98 Å². The fourth-order valence-corrected chi connectivity index (χ4v) is 2.73. The van der Waals surface area contributed by atoms with Crippen LogP contribution in [0.3, 0.4) is 0 Å². The molecule has 1 unspecified atom stereocenters. The van der Waals surface area contributed by atoms with E-state index in [1.807, 2.05) is 6.92 Å². The Labute approximate surface area is 133 Å². The first kappa shape index (κ1) is 16.3. The lowest BCUT2D eigenvalue weighted by atomic mass is 10.2. The molecule has 0 saturated carbocycles. The van der Waals surface area contributed by atoms with Gasteiger partial charge in [0.15, 0.2) is 11.5 Å². The Morgan fingerprint density at radius 2 is 2.09 bits per heavy atom. The lowest BCUT2D eigenvalue weighted by Gasteiger charge is -2.10. The fraction of sp³-hybridized carbons (Fsp3) is 0.333. The molecule has 1 aromatic carbocycles. The maximum Gasteiger partial charge on any atom is 0.275 e. The molecule has 1 heterocycles. The lowest BCUT2D eigenvalue weighted by Crippen LogP contribution is -2.14. The summed E-state index contributed by atoms with van der Waals surface area (Å²) < 4.78 is 10.4. The first-order chi connectivity index (χ1) is 10.6. The Hall–Kier alpha value is -2.12. The van der Waals surface area contributed by atoms with Crippen LogP contribution in [0.1, 0.15) is 34.9 Å². The molecule has 2 rings (SSSR count). The molecule has 0 spiro atoms. The van der Waals surface area contributed by atoms with E-state index in [9.17, 15) is 4.79 Å². The number of aromatic nitrogens is 1. The number of anilines is 1. The monoisotopic (exact) mass is 321 g/mol. The molecule has 1 aromatic heterocycles. The van der Waals surface area contributed by atoms with Gasteiger partial charge in [-0.1, -0.05) is 6.92 Å². The van der Waals surface area contributed by atoms with E-state index in [4.69, 9.17) is 15.2 Å². The number of ether oxygens (including phenoxy) is 2. The summed E-state index contributed by atoms with van der Waals surface area (Å²) in [6, 6.07) is 5.03. The van der Waals surface area contributed by atoms with Gasteiger partial charge in [-0.15, -0.1) is 11.3 Å². The molecule has 6 nitrogen and oxygen atoms in total. The summed E-state index contributed by atoms with van der Waals surface area (Å²) in [4.78, 5) is 16.5. The number of hydrogen-bond donors (Lipinski definition) is 2. The second kappa shape index (κ2) is 7.24. The molecule has 0 fully saturated rings. The first-order valence-corrected chi connectivity index (χ1v) is 7.71. The van der Waals surface area contributed by atoms with Crippen LogP contribution in [0.4, 0.5) is 5.69 Å². The van der Waals surface area contributed by atoms with Gasteiger partial charge in [0, 0.05) is 17.1 Å². The fourth-order valence-electron chi connectivity index (χ4n) is 1.85. The summed E-state index contributed by atoms with van der Waals surface area (Å²) in [6.07, 6.45) is 0.782. The van der Waals surface area contributed by atoms with Crippen LogP contribution >= 0.6 is 11.3 Å². The average Bonchev–Trinajstić information content (AvgIpc) is 3.04. The topological polar surface area (TPSA) is 86.5 Å². The minimum atomic E-state index is -0.280. The van der Waals surface area contributed by atoms with Gasteiger partial charge < -0.3 is 20.5 Å². The summed E-state index contributed by atoms with van der Waals surface area (Å²) in [5.41, 5.74) is 6.88. The average molecular weight is 321 g/mol. The molecule has 3 N–H and O–H groups in total. The van der Waals surface area contributed by atoms with Crippen molar-refractivity contribution in [3.05, 3.63) is 34.3 Å². The molecule has 0 bridgehead atoms. The molecule has 22 heavy (non-hydrogen) atoms. The Balaban J connectivity index is 2.13. The summed E-state index contributed by atoms with van der Waals surface area (Å²) >= 11 is 1.39. The van der Waals surface area contributed by atoms with Crippen molar-refractivity contribution in [2.24, 2.45) is 5.73 Å². The van der Waals surface area contributed by atoms with E-state index in [1.54, 1.807) is 37.8 Å². The molecule has 1 amide bonds. The number of carbonyl (C=O) groups is 1. The van der Waals surface area contributed by atoms with Crippen LogP contribution in [0, 0.1) is 0 Å². The SMILES string of the molecule is CCC(N)c1nc(C(=O)Nc2ccc(OC)c(OC)c2)cs1. The zero-order valence-corrected chi connectivity index (χ0v) is 13.6. The predicted molar refractivity (Wildman–Crippen MR) is 86.8 cm³/mol. The van der Waals surface area contributed by atoms with Crippen LogP contribution in [0.5, 0.6) is 11.5 Å². The maximum absolute atomic E-state index is 12.2. The molecule has 118 valence electrons. The van der Waals surface area contributed by atoms with Crippen molar-refractivity contribution in [3.8, 4) is 11.5 Å². The molecule has 0 saturated heterocycles. The van der Waals surface area contributed by atoms with Crippen LogP contribution in [0.25, 0.3) is 0 Å². The molecule has 0 aliphatic rings. The Morgan fingerprint density at radius 3 is 2.73 bits per heavy atom. The Bertz CT molecular complexity index is 657. The number of nitrogens with zero attached hydrogens (tertiary/aromatic N) is 1. The molecule has 0 radical (unpaired) electrons. The summed E-state index contributed by atoms with van der Waals surface area (Å²) in [5.74, 6) is 0.871. The van der Waals surface area contributed by atoms with Gasteiger partial charge >= 0.3 is 0 Å². The van der Waals surface area contributed by atoms with Gasteiger partial charge in [-0.2, -0.15) is 0 Å². The van der Waals surface area contributed by atoms with Gasteiger partial charge in [0.25, 0.3) is 5.91 Å². The van der Waals surface area contributed by atoms with Crippen LogP contribution < -0.4 is 20.5 Å². The van der Waals surface area contributed by atoms with Crippen molar-refractivity contribution >= 4 is 22.9 Å². The molecule has 0 aliphatic heterocycles. The highest BCUT2D eigenvalue weighted by atomic mass is 32.1. The van der Waals surface area contributed by atoms with Gasteiger partial charge in [-0.25, -0.2) is 4.98 Å². The molecule has 0 aliphatic carbocycles. The number of nitrogens with two attached hydrogens (primary N) is 1. The van der Waals surface area contributed by atoms with Crippen molar-refractivity contribution in [2.45, 2.75) is 19.4 Å². The third-order valence-electron chi connectivity index (χ3n) is 3.15. The number of amides is 1. The highest BCUT2D eigenvalue weighted by molar-refractivity contribution is 7.09. The smallest absolute Gasteiger partial charge is 0.275 e. The van der Waals surface area contributed by atoms with Crippen LogP contribution in [-0.4, -0.2) is 25.1 Å². The van der Waals surface area contributed by atoms with E-state index < -0.39 is 0 Å². The Morgan fingerprint density at radius 1 is 1.36 bits per heavy atom. The summed E-state index contributed by atoms with van der Waals surface area (Å²) in [6.45, 7) is 1.98. The lowest BCUT2D eigenvalue weighted by molar-refractivity contribution is 0.102. The number of thiazole rings is 1. The van der Waals surface area contributed by atoms with Crippen LogP contribution in [-0.2, 0) is 0 Å². The van der Waals surface area contributed by atoms with E-state index in [0.29, 0.717) is 22.9 Å². The minimum Gasteiger partial charge on any atom is -0.493 e. The molecule has 2 aromatic rings. The van der Waals surface area contributed by atoms with E-state index in [2.05, 4.69) is 10.3 Å². The van der Waals surface area contributed by atoms with E-state index in [-0.39, 0.29) is 11.9 Å². The van der Waals surface area contributed by atoms with Crippen molar-refractivity contribution in [3.63, 3.8) is 0 Å². The van der Waals surface area contributed by atoms with Gasteiger partial charge in [-0.05, 0) is 18.6 Å². The number of rotatable bonds is 6. The van der Waals surface area contributed by atoms with Gasteiger partial charge in [0.1, 0.15) is 10.7 Å². The highest BCUT2D eigenvalue weighted by Gasteiger charge is 2.15. The summed E-state index contributed by atoms with van der Waals surface area (Å²) in [5, 5.41) is 5.26. The van der Waals surface area contributed by atoms with Gasteiger partial charge in [-0.3, -0.25) is 4.79 Å². The first-order valence-electron chi connectivity index (χ1n) is 6.83. The van der Waals surface area contributed by atoms with Gasteiger partial charge in [0.05, 0.1) is 20.3 Å². The molecule has 7 heteroatoms. The normalized spacial score (nSPS) is 11.8. The predicted octanol–water partition coefficient (Wildman–Crippen LogP) is 2.82. The van der Waals surface area contributed by atoms with Crippen LogP contribution in [0.2, 0.25) is 0 Å². The third-order valence-corrected chi connectivity index (χ3v) is 4.13. The quantitative estimate of drug-likeness (QED) is 0.854. The molecule has 1 atom stereocenters. The molecular formula is C15H19N3O3S. The van der Waals surface area contributed by atoms with Gasteiger partial charge in [0.2, 0.25) is 0 Å². The number of benzene rings is 1. The second-order valence-electron chi connectivity index (χ2n) is 4.61. The highest BCUT2D eigenvalue weighted by Crippen LogP contribution is 2.30. The van der Waals surface area contributed by atoms with Crippen molar-refractivity contribution < 1.29 is 14.3 Å². The third kappa shape index (κ3) is 3.55. The molecular weight excluding hydrogens is 302 g/mol. The van der Waals surface area contributed by atoms with Crippen molar-refractivity contribution in [1.29, 1.82) is 0 Å². The number of hydrogen-bond acceptors (Lipinski definition) is 6. The summed E-state index contributed by atoms with van der Waals surface area (Å²) in [7, 11) is 3.10. The second-order valence-corrected chi connectivity index (χ2v) is 5.50.